The molecule has 4 unspecified atom stereocenters. The number of nitrogens with one attached hydrogen (secondary N) is 1. The Bertz CT molecular complexity index is 930. The summed E-state index contributed by atoms with van der Waals surface area (Å²) in [5.74, 6) is 1.60. The molecule has 4 heteroatoms. The van der Waals surface area contributed by atoms with Crippen LogP contribution in [0.3, 0.4) is 0 Å². The van der Waals surface area contributed by atoms with Gasteiger partial charge >= 0.3 is 0 Å². The fraction of sp³-hybridized carbons (Fsp3) is 0.481. The van der Waals surface area contributed by atoms with Gasteiger partial charge in [0.2, 0.25) is 0 Å². The van der Waals surface area contributed by atoms with E-state index in [0.29, 0.717) is 24.6 Å². The van der Waals surface area contributed by atoms with Crippen molar-refractivity contribution in [2.75, 3.05) is 13.2 Å². The largest absolute Gasteiger partial charge is 0.493 e. The zero-order valence-electron chi connectivity index (χ0n) is 18.7. The summed E-state index contributed by atoms with van der Waals surface area (Å²) in [5.41, 5.74) is 2.93. The molecule has 166 valence electrons. The molecule has 4 nitrogen and oxygen atoms in total. The molecule has 0 aliphatic heterocycles. The molecule has 0 spiro atoms. The minimum Gasteiger partial charge on any atom is -0.493 e. The van der Waals surface area contributed by atoms with E-state index in [0.717, 1.165) is 18.6 Å². The number of ether oxygens (including phenoxy) is 2. The van der Waals surface area contributed by atoms with E-state index in [1.54, 1.807) is 5.57 Å². The van der Waals surface area contributed by atoms with Crippen LogP contribution in [0.15, 0.2) is 65.9 Å². The fourth-order valence-corrected chi connectivity index (χ4v) is 5.05. The van der Waals surface area contributed by atoms with E-state index in [1.165, 1.54) is 35.6 Å². The summed E-state index contributed by atoms with van der Waals surface area (Å²) < 4.78 is 10.8. The van der Waals surface area contributed by atoms with Gasteiger partial charge in [-0.05, 0) is 67.9 Å². The molecule has 2 aliphatic carbocycles. The third-order valence-electron chi connectivity index (χ3n) is 6.65. The van der Waals surface area contributed by atoms with Crippen LogP contribution in [-0.4, -0.2) is 30.7 Å². The van der Waals surface area contributed by atoms with Crippen LogP contribution in [0.1, 0.15) is 57.6 Å². The lowest BCUT2D eigenvalue weighted by atomic mass is 9.90. The van der Waals surface area contributed by atoms with Gasteiger partial charge in [-0.25, -0.2) is 0 Å². The molecular weight excluding hydrogens is 386 g/mol. The monoisotopic (exact) mass is 421 g/mol. The normalized spacial score (nSPS) is 23.3. The minimum absolute atomic E-state index is 0.199. The van der Waals surface area contributed by atoms with Crippen LogP contribution < -0.4 is 5.32 Å². The molecule has 0 aromatic heterocycles. The minimum atomic E-state index is -0.846. The molecule has 0 saturated heterocycles. The van der Waals surface area contributed by atoms with Gasteiger partial charge in [-0.15, -0.1) is 0 Å². The Labute approximate surface area is 185 Å². The van der Waals surface area contributed by atoms with Crippen LogP contribution >= 0.6 is 0 Å². The Morgan fingerprint density at radius 3 is 2.71 bits per heavy atom. The third kappa shape index (κ3) is 5.57. The standard InChI is InChI=1S/C27H35NO3/c1-3-30-27(29)18-31-24-15-12-20(13-16-24)22-11-14-23(17-22)28-19(2)25-10-6-8-21-7-4-5-9-26(21)25/h4-10,12,15,19,22-23,27-29H,3,11,13-14,16-18H2,1-2H3. The first kappa shape index (κ1) is 22.1. The van der Waals surface area contributed by atoms with Crippen molar-refractivity contribution in [3.05, 3.63) is 71.5 Å². The van der Waals surface area contributed by atoms with E-state index in [2.05, 4.69) is 66.9 Å². The molecular formula is C27H35NO3. The van der Waals surface area contributed by atoms with Crippen molar-refractivity contribution in [1.82, 2.24) is 5.32 Å². The predicted molar refractivity (Wildman–Crippen MR) is 126 cm³/mol. The van der Waals surface area contributed by atoms with Crippen LogP contribution in [0.2, 0.25) is 0 Å². The number of hydrogen-bond acceptors (Lipinski definition) is 4. The molecule has 2 aliphatic rings. The van der Waals surface area contributed by atoms with Gasteiger partial charge in [-0.3, -0.25) is 0 Å². The number of fused-ring (bicyclic) bond motifs is 1. The molecule has 0 amide bonds. The van der Waals surface area contributed by atoms with Crippen LogP contribution in [0.25, 0.3) is 10.8 Å². The molecule has 0 radical (unpaired) electrons. The van der Waals surface area contributed by atoms with Crippen LogP contribution in [0.4, 0.5) is 0 Å². The van der Waals surface area contributed by atoms with E-state index in [1.807, 2.05) is 6.92 Å². The second-order valence-corrected chi connectivity index (χ2v) is 8.76. The molecule has 31 heavy (non-hydrogen) atoms. The van der Waals surface area contributed by atoms with E-state index >= 15 is 0 Å². The molecule has 4 atom stereocenters. The molecule has 2 aromatic carbocycles. The lowest BCUT2D eigenvalue weighted by Crippen LogP contribution is -2.29. The second-order valence-electron chi connectivity index (χ2n) is 8.76. The zero-order valence-corrected chi connectivity index (χ0v) is 18.7. The van der Waals surface area contributed by atoms with Crippen LogP contribution in [0, 0.1) is 5.92 Å². The Hall–Kier alpha value is -2.14. The number of rotatable bonds is 9. The highest BCUT2D eigenvalue weighted by molar-refractivity contribution is 5.86. The zero-order chi connectivity index (χ0) is 21.6. The lowest BCUT2D eigenvalue weighted by Gasteiger charge is -2.23. The molecule has 2 N–H and O–H groups in total. The van der Waals surface area contributed by atoms with E-state index in [-0.39, 0.29) is 6.61 Å². The Morgan fingerprint density at radius 2 is 1.90 bits per heavy atom. The molecule has 2 aromatic rings. The first-order valence-electron chi connectivity index (χ1n) is 11.7. The lowest BCUT2D eigenvalue weighted by molar-refractivity contribution is -0.126. The first-order valence-corrected chi connectivity index (χ1v) is 11.7. The summed E-state index contributed by atoms with van der Waals surface area (Å²) in [5, 5.41) is 16.2. The SMILES string of the molecule is CCOC(O)COC1=CC=C(C2CCC(NC(C)c3cccc4ccccc34)C2)CC1. The average Bonchev–Trinajstić information content (AvgIpc) is 3.26. The summed E-state index contributed by atoms with van der Waals surface area (Å²) >= 11 is 0. The average molecular weight is 422 g/mol. The summed E-state index contributed by atoms with van der Waals surface area (Å²) in [6.45, 7) is 4.84. The van der Waals surface area contributed by atoms with Crippen molar-refractivity contribution in [1.29, 1.82) is 0 Å². The van der Waals surface area contributed by atoms with Crippen molar-refractivity contribution >= 4 is 10.8 Å². The van der Waals surface area contributed by atoms with Crippen molar-refractivity contribution in [3.8, 4) is 0 Å². The van der Waals surface area contributed by atoms with E-state index in [9.17, 15) is 5.11 Å². The maximum Gasteiger partial charge on any atom is 0.189 e. The molecule has 1 fully saturated rings. The van der Waals surface area contributed by atoms with Crippen molar-refractivity contribution in [2.24, 2.45) is 5.92 Å². The van der Waals surface area contributed by atoms with Gasteiger partial charge in [-0.2, -0.15) is 0 Å². The maximum atomic E-state index is 9.65. The predicted octanol–water partition coefficient (Wildman–Crippen LogP) is 5.63. The fourth-order valence-electron chi connectivity index (χ4n) is 5.05. The van der Waals surface area contributed by atoms with Crippen molar-refractivity contribution < 1.29 is 14.6 Å². The van der Waals surface area contributed by atoms with Crippen molar-refractivity contribution in [2.45, 2.75) is 64.3 Å². The summed E-state index contributed by atoms with van der Waals surface area (Å²) in [7, 11) is 0. The highest BCUT2D eigenvalue weighted by Crippen LogP contribution is 2.37. The first-order chi connectivity index (χ1) is 15.1. The van der Waals surface area contributed by atoms with Gasteiger partial charge in [0.1, 0.15) is 6.61 Å². The topological polar surface area (TPSA) is 50.7 Å². The number of hydrogen-bond donors (Lipinski definition) is 2. The Morgan fingerprint density at radius 1 is 1.06 bits per heavy atom. The molecule has 0 heterocycles. The number of aliphatic hydroxyl groups is 1. The number of aliphatic hydroxyl groups excluding tert-OH is 1. The van der Waals surface area contributed by atoms with E-state index < -0.39 is 6.29 Å². The van der Waals surface area contributed by atoms with Gasteiger partial charge < -0.3 is 19.9 Å². The summed E-state index contributed by atoms with van der Waals surface area (Å²) in [6, 6.07) is 16.2. The van der Waals surface area contributed by atoms with Gasteiger partial charge in [0.15, 0.2) is 6.29 Å². The highest BCUT2D eigenvalue weighted by Gasteiger charge is 2.29. The highest BCUT2D eigenvalue weighted by atomic mass is 16.6. The summed E-state index contributed by atoms with van der Waals surface area (Å²) in [6.07, 6.45) is 9.11. The Balaban J connectivity index is 1.31. The van der Waals surface area contributed by atoms with Gasteiger partial charge in [0.25, 0.3) is 0 Å². The van der Waals surface area contributed by atoms with Crippen LogP contribution in [0.5, 0.6) is 0 Å². The maximum absolute atomic E-state index is 9.65. The summed E-state index contributed by atoms with van der Waals surface area (Å²) in [4.78, 5) is 0. The smallest absolute Gasteiger partial charge is 0.189 e. The Kier molecular flexibility index (Phi) is 7.44. The van der Waals surface area contributed by atoms with Crippen molar-refractivity contribution in [3.63, 3.8) is 0 Å². The number of benzene rings is 2. The van der Waals surface area contributed by atoms with Gasteiger partial charge in [0, 0.05) is 25.1 Å². The van der Waals surface area contributed by atoms with Gasteiger partial charge in [-0.1, -0.05) is 54.1 Å². The molecule has 4 rings (SSSR count). The quantitative estimate of drug-likeness (QED) is 0.515. The second kappa shape index (κ2) is 10.4. The van der Waals surface area contributed by atoms with E-state index in [4.69, 9.17) is 9.47 Å². The van der Waals surface area contributed by atoms with Gasteiger partial charge in [0.05, 0.1) is 5.76 Å². The number of allylic oxidation sites excluding steroid dienone is 4. The van der Waals surface area contributed by atoms with Crippen LogP contribution in [-0.2, 0) is 9.47 Å². The molecule has 1 saturated carbocycles. The third-order valence-corrected chi connectivity index (χ3v) is 6.65. The molecule has 0 bridgehead atoms.